The third-order valence-electron chi connectivity index (χ3n) is 5.53. The van der Waals surface area contributed by atoms with Crippen LogP contribution in [0.15, 0.2) is 48.5 Å². The molecule has 2 aromatic carbocycles. The van der Waals surface area contributed by atoms with E-state index in [1.54, 1.807) is 32.4 Å². The number of benzene rings is 2. The van der Waals surface area contributed by atoms with Crippen molar-refractivity contribution >= 4 is 29.0 Å². The molecule has 8 heteroatoms. The van der Waals surface area contributed by atoms with Crippen LogP contribution in [0.25, 0.3) is 0 Å². The number of ether oxygens (including phenoxy) is 2. The SMILES string of the molecule is COc1cc(OC)cc(C(=O)Nc2ccc(Nc3nc(C)cc(N4CCCCC4)n3)cc2)c1. The fourth-order valence-corrected chi connectivity index (χ4v) is 3.80. The van der Waals surface area contributed by atoms with Crippen molar-refractivity contribution in [3.8, 4) is 11.5 Å². The molecule has 3 aromatic rings. The molecule has 172 valence electrons. The molecule has 1 saturated heterocycles. The quantitative estimate of drug-likeness (QED) is 0.538. The molecule has 0 bridgehead atoms. The molecule has 0 aliphatic carbocycles. The number of aryl methyl sites for hydroxylation is 1. The van der Waals surface area contributed by atoms with Gasteiger partial charge in [0.1, 0.15) is 17.3 Å². The van der Waals surface area contributed by atoms with Crippen LogP contribution in [0, 0.1) is 6.92 Å². The second-order valence-electron chi connectivity index (χ2n) is 8.00. The summed E-state index contributed by atoms with van der Waals surface area (Å²) in [7, 11) is 3.10. The molecular formula is C25H29N5O3. The number of carbonyl (C=O) groups excluding carboxylic acids is 1. The van der Waals surface area contributed by atoms with E-state index in [0.717, 1.165) is 30.3 Å². The lowest BCUT2D eigenvalue weighted by Crippen LogP contribution is -2.30. The number of rotatable bonds is 7. The van der Waals surface area contributed by atoms with Gasteiger partial charge in [-0.15, -0.1) is 0 Å². The molecule has 4 rings (SSSR count). The van der Waals surface area contributed by atoms with Gasteiger partial charge in [0.05, 0.1) is 14.2 Å². The van der Waals surface area contributed by atoms with Crippen molar-refractivity contribution in [1.82, 2.24) is 9.97 Å². The summed E-state index contributed by atoms with van der Waals surface area (Å²) in [6.45, 7) is 4.04. The van der Waals surface area contributed by atoms with E-state index in [-0.39, 0.29) is 5.91 Å². The topological polar surface area (TPSA) is 88.6 Å². The molecule has 0 unspecified atom stereocenters. The van der Waals surface area contributed by atoms with Gasteiger partial charge in [-0.3, -0.25) is 4.79 Å². The average Bonchev–Trinajstić information content (AvgIpc) is 2.85. The smallest absolute Gasteiger partial charge is 0.255 e. The van der Waals surface area contributed by atoms with Crippen molar-refractivity contribution in [2.45, 2.75) is 26.2 Å². The average molecular weight is 448 g/mol. The highest BCUT2D eigenvalue weighted by Gasteiger charge is 2.14. The van der Waals surface area contributed by atoms with Crippen LogP contribution >= 0.6 is 0 Å². The Morgan fingerprint density at radius 2 is 1.52 bits per heavy atom. The summed E-state index contributed by atoms with van der Waals surface area (Å²) in [4.78, 5) is 24.2. The summed E-state index contributed by atoms with van der Waals surface area (Å²) in [5, 5.41) is 6.17. The first-order chi connectivity index (χ1) is 16.0. The van der Waals surface area contributed by atoms with Crippen molar-refractivity contribution in [3.63, 3.8) is 0 Å². The number of nitrogens with one attached hydrogen (secondary N) is 2. The summed E-state index contributed by atoms with van der Waals surface area (Å²) >= 11 is 0. The van der Waals surface area contributed by atoms with Crippen LogP contribution in [0.4, 0.5) is 23.1 Å². The number of amides is 1. The minimum absolute atomic E-state index is 0.249. The van der Waals surface area contributed by atoms with Gasteiger partial charge in [-0.05, 0) is 62.6 Å². The molecule has 1 aliphatic heterocycles. The van der Waals surface area contributed by atoms with Gasteiger partial charge in [0.15, 0.2) is 0 Å². The second-order valence-corrected chi connectivity index (χ2v) is 8.00. The largest absolute Gasteiger partial charge is 0.497 e. The van der Waals surface area contributed by atoms with E-state index in [1.165, 1.54) is 19.3 Å². The van der Waals surface area contributed by atoms with Crippen LogP contribution in [0.2, 0.25) is 0 Å². The van der Waals surface area contributed by atoms with Crippen LogP contribution in [0.1, 0.15) is 35.3 Å². The Morgan fingerprint density at radius 1 is 0.879 bits per heavy atom. The molecule has 8 nitrogen and oxygen atoms in total. The maximum Gasteiger partial charge on any atom is 0.255 e. The lowest BCUT2D eigenvalue weighted by Gasteiger charge is -2.28. The highest BCUT2D eigenvalue weighted by molar-refractivity contribution is 6.04. The fourth-order valence-electron chi connectivity index (χ4n) is 3.80. The number of methoxy groups -OCH3 is 2. The van der Waals surface area contributed by atoms with E-state index in [9.17, 15) is 4.79 Å². The summed E-state index contributed by atoms with van der Waals surface area (Å²) < 4.78 is 10.5. The Hall–Kier alpha value is -3.81. The molecule has 0 atom stereocenters. The summed E-state index contributed by atoms with van der Waals surface area (Å²) in [5.41, 5.74) is 2.88. The summed E-state index contributed by atoms with van der Waals surface area (Å²) in [6, 6.07) is 14.5. The maximum absolute atomic E-state index is 12.7. The van der Waals surface area contributed by atoms with Gasteiger partial charge in [-0.25, -0.2) is 4.98 Å². The van der Waals surface area contributed by atoms with Gasteiger partial charge >= 0.3 is 0 Å². The Balaban J connectivity index is 1.44. The zero-order valence-corrected chi connectivity index (χ0v) is 19.2. The van der Waals surface area contributed by atoms with Gasteiger partial charge in [0.25, 0.3) is 5.91 Å². The molecule has 0 spiro atoms. The Kier molecular flexibility index (Phi) is 6.92. The second kappa shape index (κ2) is 10.2. The van der Waals surface area contributed by atoms with Gasteiger partial charge in [0.2, 0.25) is 5.95 Å². The lowest BCUT2D eigenvalue weighted by molar-refractivity contribution is 0.102. The third-order valence-corrected chi connectivity index (χ3v) is 5.53. The number of aromatic nitrogens is 2. The number of carbonyl (C=O) groups is 1. The van der Waals surface area contributed by atoms with Gasteiger partial charge < -0.3 is 25.0 Å². The molecule has 2 heterocycles. The predicted octanol–water partition coefficient (Wildman–Crippen LogP) is 4.79. The van der Waals surface area contributed by atoms with Crippen LogP contribution in [0.5, 0.6) is 11.5 Å². The number of piperidine rings is 1. The van der Waals surface area contributed by atoms with Crippen LogP contribution in [-0.4, -0.2) is 43.2 Å². The summed E-state index contributed by atoms with van der Waals surface area (Å²) in [6.07, 6.45) is 3.67. The lowest BCUT2D eigenvalue weighted by atomic mass is 10.1. The maximum atomic E-state index is 12.7. The van der Waals surface area contributed by atoms with E-state index < -0.39 is 0 Å². The number of anilines is 4. The third kappa shape index (κ3) is 5.71. The monoisotopic (exact) mass is 447 g/mol. The Morgan fingerprint density at radius 3 is 2.15 bits per heavy atom. The first-order valence-electron chi connectivity index (χ1n) is 11.1. The minimum atomic E-state index is -0.249. The van der Waals surface area contributed by atoms with Gasteiger partial charge in [-0.2, -0.15) is 4.98 Å². The molecule has 1 fully saturated rings. The fraction of sp³-hybridized carbons (Fsp3) is 0.320. The predicted molar refractivity (Wildman–Crippen MR) is 130 cm³/mol. The first kappa shape index (κ1) is 22.4. The molecule has 33 heavy (non-hydrogen) atoms. The molecule has 1 aliphatic rings. The highest BCUT2D eigenvalue weighted by Crippen LogP contribution is 2.25. The molecule has 1 aromatic heterocycles. The van der Waals surface area contributed by atoms with Crippen LogP contribution < -0.4 is 25.0 Å². The van der Waals surface area contributed by atoms with Crippen molar-refractivity contribution in [2.24, 2.45) is 0 Å². The Labute approximate surface area is 194 Å². The van der Waals surface area contributed by atoms with Crippen molar-refractivity contribution < 1.29 is 14.3 Å². The van der Waals surface area contributed by atoms with Gasteiger partial charge in [0, 0.05) is 47.9 Å². The number of hydrogen-bond acceptors (Lipinski definition) is 7. The molecule has 1 amide bonds. The Bertz CT molecular complexity index is 1090. The van der Waals surface area contributed by atoms with E-state index >= 15 is 0 Å². The number of nitrogens with zero attached hydrogens (tertiary/aromatic N) is 3. The standard InChI is InChI=1S/C25H29N5O3/c1-17-13-23(30-11-5-4-6-12-30)29-25(26-17)28-20-9-7-19(8-10-20)27-24(31)18-14-21(32-2)16-22(15-18)33-3/h7-10,13-16H,4-6,11-12H2,1-3H3,(H,27,31)(H,26,28,29). The van der Waals surface area contributed by atoms with Crippen LogP contribution in [-0.2, 0) is 0 Å². The molecule has 2 N–H and O–H groups in total. The number of hydrogen-bond donors (Lipinski definition) is 2. The van der Waals surface area contributed by atoms with Crippen molar-refractivity contribution in [3.05, 3.63) is 59.8 Å². The zero-order chi connectivity index (χ0) is 23.2. The zero-order valence-electron chi connectivity index (χ0n) is 19.2. The molecular weight excluding hydrogens is 418 g/mol. The summed E-state index contributed by atoms with van der Waals surface area (Å²) in [5.74, 6) is 2.39. The van der Waals surface area contributed by atoms with E-state index in [4.69, 9.17) is 14.5 Å². The van der Waals surface area contributed by atoms with E-state index in [1.807, 2.05) is 37.3 Å². The van der Waals surface area contributed by atoms with Gasteiger partial charge in [-0.1, -0.05) is 0 Å². The highest BCUT2D eigenvalue weighted by atomic mass is 16.5. The molecule has 0 saturated carbocycles. The minimum Gasteiger partial charge on any atom is -0.497 e. The van der Waals surface area contributed by atoms with Crippen molar-refractivity contribution in [2.75, 3.05) is 42.8 Å². The van der Waals surface area contributed by atoms with Crippen LogP contribution in [0.3, 0.4) is 0 Å². The normalized spacial score (nSPS) is 13.4. The first-order valence-corrected chi connectivity index (χ1v) is 11.1. The molecule has 0 radical (unpaired) electrons. The van der Waals surface area contributed by atoms with E-state index in [2.05, 4.69) is 20.5 Å². The van der Waals surface area contributed by atoms with Crippen molar-refractivity contribution in [1.29, 1.82) is 0 Å². The van der Waals surface area contributed by atoms with E-state index in [0.29, 0.717) is 28.7 Å².